The topological polar surface area (TPSA) is 24.5 Å². The van der Waals surface area contributed by atoms with Crippen LogP contribution in [0.2, 0.25) is 10.0 Å². The zero-order valence-electron chi connectivity index (χ0n) is 14.1. The molecule has 7 heteroatoms. The predicted octanol–water partition coefficient (Wildman–Crippen LogP) is 5.51. The number of hydrogen-bond donors (Lipinski definition) is 1. The number of hydrogen-bond acceptors (Lipinski definition) is 2. The van der Waals surface area contributed by atoms with Crippen molar-refractivity contribution in [1.82, 2.24) is 4.90 Å². The number of nitrogens with one attached hydrogen (secondary N) is 1. The molecule has 0 radical (unpaired) electrons. The third kappa shape index (κ3) is 5.30. The van der Waals surface area contributed by atoms with Gasteiger partial charge in [-0.15, -0.1) is 0 Å². The van der Waals surface area contributed by atoms with Gasteiger partial charge in [0.2, 0.25) is 0 Å². The summed E-state index contributed by atoms with van der Waals surface area (Å²) in [5, 5.41) is 4.65. The average Bonchev–Trinajstić information content (AvgIpc) is 3.11. The van der Waals surface area contributed by atoms with Crippen LogP contribution in [0.5, 0.6) is 0 Å². The first-order chi connectivity index (χ1) is 12.5. The molecule has 138 valence electrons. The van der Waals surface area contributed by atoms with Gasteiger partial charge >= 0.3 is 0 Å². The maximum atomic E-state index is 13.5. The van der Waals surface area contributed by atoms with E-state index in [0.29, 0.717) is 28.2 Å². The molecule has 26 heavy (non-hydrogen) atoms. The van der Waals surface area contributed by atoms with Crippen LogP contribution in [0.25, 0.3) is 0 Å². The number of nitrogens with zero attached hydrogens (tertiary/aromatic N) is 1. The number of rotatable bonds is 5. The molecule has 3 nitrogen and oxygen atoms in total. The highest BCUT2D eigenvalue weighted by molar-refractivity contribution is 7.80. The van der Waals surface area contributed by atoms with Gasteiger partial charge in [0, 0.05) is 25.4 Å². The molecule has 1 aliphatic rings. The summed E-state index contributed by atoms with van der Waals surface area (Å²) in [6.07, 6.45) is 2.16. The molecule has 0 spiro atoms. The molecule has 1 unspecified atom stereocenters. The van der Waals surface area contributed by atoms with Crippen LogP contribution in [-0.4, -0.2) is 29.3 Å². The van der Waals surface area contributed by atoms with Crippen molar-refractivity contribution in [2.75, 3.05) is 18.5 Å². The Hall–Kier alpha value is -1.40. The monoisotopic (exact) mass is 412 g/mol. The molecule has 2 aromatic rings. The van der Waals surface area contributed by atoms with Crippen LogP contribution < -0.4 is 5.32 Å². The third-order valence-corrected chi connectivity index (χ3v) is 5.27. The second kappa shape index (κ2) is 9.00. The van der Waals surface area contributed by atoms with Gasteiger partial charge in [-0.05, 0) is 61.0 Å². The van der Waals surface area contributed by atoms with Gasteiger partial charge in [0.1, 0.15) is 5.82 Å². The van der Waals surface area contributed by atoms with E-state index in [-0.39, 0.29) is 11.9 Å². The van der Waals surface area contributed by atoms with Crippen molar-refractivity contribution in [2.24, 2.45) is 0 Å². The van der Waals surface area contributed by atoms with E-state index >= 15 is 0 Å². The third-order valence-electron chi connectivity index (χ3n) is 4.17. The summed E-state index contributed by atoms with van der Waals surface area (Å²) in [7, 11) is 0. The van der Waals surface area contributed by atoms with Gasteiger partial charge in [-0.3, -0.25) is 0 Å². The Labute approximate surface area is 168 Å². The maximum absolute atomic E-state index is 13.5. The summed E-state index contributed by atoms with van der Waals surface area (Å²) in [5.74, 6) is -0.261. The summed E-state index contributed by atoms with van der Waals surface area (Å²) in [5.41, 5.74) is 1.60. The highest BCUT2D eigenvalue weighted by Gasteiger charge is 2.21. The van der Waals surface area contributed by atoms with Crippen molar-refractivity contribution in [1.29, 1.82) is 0 Å². The van der Waals surface area contributed by atoms with Gasteiger partial charge in [0.25, 0.3) is 0 Å². The van der Waals surface area contributed by atoms with Crippen LogP contribution in [0.4, 0.5) is 10.1 Å². The molecule has 1 heterocycles. The minimum Gasteiger partial charge on any atom is -0.376 e. The lowest BCUT2D eigenvalue weighted by molar-refractivity contribution is 0.0905. The van der Waals surface area contributed by atoms with Crippen LogP contribution in [0.15, 0.2) is 42.5 Å². The first-order valence-corrected chi connectivity index (χ1v) is 9.55. The van der Waals surface area contributed by atoms with E-state index in [0.717, 1.165) is 30.7 Å². The summed E-state index contributed by atoms with van der Waals surface area (Å²) < 4.78 is 19.3. The number of ether oxygens (including phenoxy) is 1. The standard InChI is InChI=1S/C19H19Cl2FN2OS/c20-17-7-6-15(10-18(17)21)23-19(26)24(12-16-5-2-8-25-16)11-13-3-1-4-14(22)9-13/h1,3-4,6-7,9-10,16H,2,5,8,11-12H2,(H,23,26). The highest BCUT2D eigenvalue weighted by atomic mass is 35.5. The highest BCUT2D eigenvalue weighted by Crippen LogP contribution is 2.25. The number of halogens is 3. The number of anilines is 1. The Morgan fingerprint density at radius 1 is 1.23 bits per heavy atom. The molecule has 0 aromatic heterocycles. The van der Waals surface area contributed by atoms with Crippen LogP contribution in [0, 0.1) is 5.82 Å². The Bertz CT molecular complexity index is 784. The number of thiocarbonyl (C=S) groups is 1. The van der Waals surface area contributed by atoms with Gasteiger partial charge in [0.15, 0.2) is 5.11 Å². The van der Waals surface area contributed by atoms with Gasteiger partial charge < -0.3 is 15.0 Å². The Morgan fingerprint density at radius 2 is 2.08 bits per heavy atom. The fraction of sp³-hybridized carbons (Fsp3) is 0.316. The largest absolute Gasteiger partial charge is 0.376 e. The number of benzene rings is 2. The van der Waals surface area contributed by atoms with Crippen molar-refractivity contribution < 1.29 is 9.13 Å². The summed E-state index contributed by atoms with van der Waals surface area (Å²) in [6, 6.07) is 11.8. The Balaban J connectivity index is 1.74. The van der Waals surface area contributed by atoms with Crippen LogP contribution in [0.1, 0.15) is 18.4 Å². The maximum Gasteiger partial charge on any atom is 0.173 e. The van der Waals surface area contributed by atoms with E-state index in [1.165, 1.54) is 12.1 Å². The van der Waals surface area contributed by atoms with Crippen molar-refractivity contribution in [2.45, 2.75) is 25.5 Å². The van der Waals surface area contributed by atoms with E-state index in [9.17, 15) is 4.39 Å². The average molecular weight is 413 g/mol. The van der Waals surface area contributed by atoms with Crippen LogP contribution in [0.3, 0.4) is 0 Å². The lowest BCUT2D eigenvalue weighted by Gasteiger charge is -2.28. The molecular weight excluding hydrogens is 394 g/mol. The van der Waals surface area contributed by atoms with Gasteiger partial charge in [-0.1, -0.05) is 35.3 Å². The van der Waals surface area contributed by atoms with E-state index in [1.54, 1.807) is 18.2 Å². The summed E-state index contributed by atoms with van der Waals surface area (Å²) >= 11 is 17.6. The van der Waals surface area contributed by atoms with Crippen LogP contribution in [-0.2, 0) is 11.3 Å². The minimum atomic E-state index is -0.261. The summed E-state index contributed by atoms with van der Waals surface area (Å²) in [6.45, 7) is 1.90. The molecule has 0 bridgehead atoms. The fourth-order valence-corrected chi connectivity index (χ4v) is 3.44. The molecule has 1 atom stereocenters. The minimum absolute atomic E-state index is 0.122. The van der Waals surface area contributed by atoms with Crippen LogP contribution >= 0.6 is 35.4 Å². The molecule has 1 aliphatic heterocycles. The van der Waals surface area contributed by atoms with E-state index in [4.69, 9.17) is 40.2 Å². The Kier molecular flexibility index (Phi) is 6.70. The van der Waals surface area contributed by atoms with Gasteiger partial charge in [-0.25, -0.2) is 4.39 Å². The molecular formula is C19H19Cl2FN2OS. The zero-order chi connectivity index (χ0) is 18.5. The molecule has 2 aromatic carbocycles. The lowest BCUT2D eigenvalue weighted by Crippen LogP contribution is -2.39. The van der Waals surface area contributed by atoms with Gasteiger partial charge in [-0.2, -0.15) is 0 Å². The van der Waals surface area contributed by atoms with E-state index in [2.05, 4.69) is 5.32 Å². The molecule has 0 amide bonds. The first-order valence-electron chi connectivity index (χ1n) is 8.38. The normalized spacial score (nSPS) is 16.5. The second-order valence-electron chi connectivity index (χ2n) is 6.20. The fourth-order valence-electron chi connectivity index (χ4n) is 2.89. The quantitative estimate of drug-likeness (QED) is 0.654. The Morgan fingerprint density at radius 3 is 2.77 bits per heavy atom. The van der Waals surface area contributed by atoms with Crippen molar-refractivity contribution in [3.05, 3.63) is 63.9 Å². The second-order valence-corrected chi connectivity index (χ2v) is 7.41. The molecule has 1 fully saturated rings. The molecule has 1 N–H and O–H groups in total. The molecule has 1 saturated heterocycles. The van der Waals surface area contributed by atoms with Crippen molar-refractivity contribution >= 4 is 46.2 Å². The molecule has 0 aliphatic carbocycles. The van der Waals surface area contributed by atoms with Crippen molar-refractivity contribution in [3.63, 3.8) is 0 Å². The molecule has 0 saturated carbocycles. The predicted molar refractivity (Wildman–Crippen MR) is 108 cm³/mol. The first kappa shape index (κ1) is 19.4. The van der Waals surface area contributed by atoms with E-state index in [1.807, 2.05) is 17.0 Å². The zero-order valence-corrected chi connectivity index (χ0v) is 16.4. The summed E-state index contributed by atoms with van der Waals surface area (Å²) in [4.78, 5) is 1.99. The van der Waals surface area contributed by atoms with E-state index < -0.39 is 0 Å². The lowest BCUT2D eigenvalue weighted by atomic mass is 10.2. The molecule has 3 rings (SSSR count). The van der Waals surface area contributed by atoms with Gasteiger partial charge in [0.05, 0.1) is 16.1 Å². The van der Waals surface area contributed by atoms with Crippen molar-refractivity contribution in [3.8, 4) is 0 Å². The SMILES string of the molecule is Fc1cccc(CN(CC2CCCO2)C(=S)Nc2ccc(Cl)c(Cl)c2)c1. The smallest absolute Gasteiger partial charge is 0.173 e.